The number of piperidine rings is 1. The lowest BCUT2D eigenvalue weighted by Crippen LogP contribution is -2.32. The summed E-state index contributed by atoms with van der Waals surface area (Å²) in [5.74, 6) is 1.25. The molecule has 0 bridgehead atoms. The number of benzene rings is 1. The highest BCUT2D eigenvalue weighted by Crippen LogP contribution is 2.23. The van der Waals surface area contributed by atoms with Gasteiger partial charge in [0, 0.05) is 16.8 Å². The van der Waals surface area contributed by atoms with Crippen LogP contribution in [-0.4, -0.2) is 34.6 Å². The number of hydrogen-bond donors (Lipinski definition) is 1. The van der Waals surface area contributed by atoms with Crippen LogP contribution in [0.15, 0.2) is 34.5 Å². The number of thiazole rings is 1. The first-order chi connectivity index (χ1) is 12.1. The van der Waals surface area contributed by atoms with Crippen molar-refractivity contribution in [1.82, 2.24) is 9.88 Å². The van der Waals surface area contributed by atoms with E-state index in [1.54, 1.807) is 11.8 Å². The molecule has 1 aromatic heterocycles. The maximum absolute atomic E-state index is 12.2. The highest BCUT2D eigenvalue weighted by molar-refractivity contribution is 8.00. The zero-order valence-electron chi connectivity index (χ0n) is 14.8. The molecule has 134 valence electrons. The monoisotopic (exact) mass is 375 g/mol. The van der Waals surface area contributed by atoms with Crippen molar-refractivity contribution in [2.75, 3.05) is 24.2 Å². The Morgan fingerprint density at radius 3 is 2.88 bits per heavy atom. The number of aryl methyl sites for hydroxylation is 1. The number of nitrogens with one attached hydrogen (secondary N) is 1. The van der Waals surface area contributed by atoms with Gasteiger partial charge in [-0.2, -0.15) is 0 Å². The van der Waals surface area contributed by atoms with Crippen LogP contribution in [0.25, 0.3) is 0 Å². The number of likely N-dealkylation sites (tertiary alicyclic amines) is 1. The zero-order chi connectivity index (χ0) is 17.6. The maximum Gasteiger partial charge on any atom is 0.236 e. The first-order valence-electron chi connectivity index (χ1n) is 8.75. The van der Waals surface area contributed by atoms with E-state index in [-0.39, 0.29) is 5.91 Å². The van der Waals surface area contributed by atoms with Gasteiger partial charge in [0.25, 0.3) is 0 Å². The van der Waals surface area contributed by atoms with Crippen molar-refractivity contribution >= 4 is 34.1 Å². The molecule has 6 heteroatoms. The van der Waals surface area contributed by atoms with Gasteiger partial charge in [0.1, 0.15) is 0 Å². The van der Waals surface area contributed by atoms with E-state index >= 15 is 0 Å². The van der Waals surface area contributed by atoms with Crippen LogP contribution < -0.4 is 5.32 Å². The van der Waals surface area contributed by atoms with Crippen molar-refractivity contribution in [2.24, 2.45) is 5.92 Å². The fourth-order valence-corrected chi connectivity index (χ4v) is 4.45. The van der Waals surface area contributed by atoms with Crippen molar-refractivity contribution in [1.29, 1.82) is 0 Å². The molecule has 25 heavy (non-hydrogen) atoms. The number of nitrogens with zero attached hydrogens (tertiary/aromatic N) is 2. The van der Waals surface area contributed by atoms with Gasteiger partial charge in [-0.05, 0) is 50.4 Å². The Bertz CT molecular complexity index is 708. The molecule has 0 saturated carbocycles. The van der Waals surface area contributed by atoms with E-state index in [9.17, 15) is 4.79 Å². The van der Waals surface area contributed by atoms with E-state index in [1.165, 1.54) is 29.7 Å². The van der Waals surface area contributed by atoms with Crippen LogP contribution in [-0.2, 0) is 11.3 Å². The highest BCUT2D eigenvalue weighted by atomic mass is 32.2. The molecule has 0 atom stereocenters. The third kappa shape index (κ3) is 5.56. The van der Waals surface area contributed by atoms with Crippen molar-refractivity contribution in [3.63, 3.8) is 0 Å². The molecule has 0 spiro atoms. The quantitative estimate of drug-likeness (QED) is 0.760. The third-order valence-electron chi connectivity index (χ3n) is 4.51. The number of aromatic nitrogens is 1. The summed E-state index contributed by atoms with van der Waals surface area (Å²) in [4.78, 5) is 20.3. The Kier molecular flexibility index (Phi) is 6.51. The van der Waals surface area contributed by atoms with Crippen LogP contribution >= 0.6 is 23.1 Å². The predicted octanol–water partition coefficient (Wildman–Crippen LogP) is 4.41. The average molecular weight is 376 g/mol. The van der Waals surface area contributed by atoms with Gasteiger partial charge >= 0.3 is 0 Å². The van der Waals surface area contributed by atoms with Crippen LogP contribution in [0.2, 0.25) is 0 Å². The van der Waals surface area contributed by atoms with Gasteiger partial charge < -0.3 is 5.32 Å². The molecule has 2 heterocycles. The molecule has 1 fully saturated rings. The smallest absolute Gasteiger partial charge is 0.236 e. The Morgan fingerprint density at radius 1 is 1.36 bits per heavy atom. The van der Waals surface area contributed by atoms with Crippen LogP contribution in [0, 0.1) is 12.8 Å². The van der Waals surface area contributed by atoms with E-state index in [0.717, 1.165) is 36.1 Å². The lowest BCUT2D eigenvalue weighted by Gasteiger charge is -2.29. The maximum atomic E-state index is 12.2. The standard InChI is InChI=1S/C19H25N3OS2/c1-14-7-9-22(10-8-14)11-16-12-25-19(20-16)21-18(23)13-24-17-6-4-3-5-15(17)2/h3-6,12,14H,7-11,13H2,1-2H3,(H,20,21,23). The molecule has 1 saturated heterocycles. The minimum absolute atomic E-state index is 0.000880. The molecule has 3 rings (SSSR count). The summed E-state index contributed by atoms with van der Waals surface area (Å²) in [7, 11) is 0. The van der Waals surface area contributed by atoms with Crippen LogP contribution in [0.4, 0.5) is 5.13 Å². The molecule has 1 amide bonds. The molecular weight excluding hydrogens is 350 g/mol. The van der Waals surface area contributed by atoms with Gasteiger partial charge in [0.2, 0.25) is 5.91 Å². The number of carbonyl (C=O) groups excluding carboxylic acids is 1. The predicted molar refractivity (Wildman–Crippen MR) is 106 cm³/mol. The second-order valence-corrected chi connectivity index (χ2v) is 8.58. The SMILES string of the molecule is Cc1ccccc1SCC(=O)Nc1nc(CN2CCC(C)CC2)cs1. The van der Waals surface area contributed by atoms with Crippen molar-refractivity contribution in [3.8, 4) is 0 Å². The van der Waals surface area contributed by atoms with Gasteiger partial charge in [-0.15, -0.1) is 23.1 Å². The van der Waals surface area contributed by atoms with Gasteiger partial charge in [0.05, 0.1) is 11.4 Å². The molecule has 0 aliphatic carbocycles. The molecular formula is C19H25N3OS2. The van der Waals surface area contributed by atoms with E-state index in [1.807, 2.05) is 18.2 Å². The van der Waals surface area contributed by atoms with Gasteiger partial charge in [-0.1, -0.05) is 25.1 Å². The van der Waals surface area contributed by atoms with Gasteiger partial charge in [-0.25, -0.2) is 4.98 Å². The average Bonchev–Trinajstić information content (AvgIpc) is 3.03. The zero-order valence-corrected chi connectivity index (χ0v) is 16.5. The van der Waals surface area contributed by atoms with Gasteiger partial charge in [0.15, 0.2) is 5.13 Å². The second-order valence-electron chi connectivity index (χ2n) is 6.71. The number of hydrogen-bond acceptors (Lipinski definition) is 5. The molecule has 1 aliphatic heterocycles. The summed E-state index contributed by atoms with van der Waals surface area (Å²) in [6, 6.07) is 8.13. The fourth-order valence-electron chi connectivity index (χ4n) is 2.90. The molecule has 4 nitrogen and oxygen atoms in total. The summed E-state index contributed by atoms with van der Waals surface area (Å²) in [5, 5.41) is 5.69. The summed E-state index contributed by atoms with van der Waals surface area (Å²) in [6.45, 7) is 7.56. The number of carbonyl (C=O) groups is 1. The highest BCUT2D eigenvalue weighted by Gasteiger charge is 2.17. The van der Waals surface area contributed by atoms with Gasteiger partial charge in [-0.3, -0.25) is 9.69 Å². The topological polar surface area (TPSA) is 45.2 Å². The lowest BCUT2D eigenvalue weighted by atomic mass is 9.99. The molecule has 0 unspecified atom stereocenters. The van der Waals surface area contributed by atoms with Crippen molar-refractivity contribution < 1.29 is 4.79 Å². The minimum Gasteiger partial charge on any atom is -0.301 e. The Hall–Kier alpha value is -1.37. The summed E-state index contributed by atoms with van der Waals surface area (Å²) in [5.41, 5.74) is 2.26. The molecule has 1 aromatic carbocycles. The van der Waals surface area contributed by atoms with E-state index in [0.29, 0.717) is 10.9 Å². The summed E-state index contributed by atoms with van der Waals surface area (Å²) < 4.78 is 0. The number of thioether (sulfide) groups is 1. The fraction of sp³-hybridized carbons (Fsp3) is 0.474. The minimum atomic E-state index is 0.000880. The molecule has 1 aliphatic rings. The summed E-state index contributed by atoms with van der Waals surface area (Å²) in [6.07, 6.45) is 2.54. The first kappa shape index (κ1) is 18.4. The number of anilines is 1. The Balaban J connectivity index is 1.46. The largest absolute Gasteiger partial charge is 0.301 e. The van der Waals surface area contributed by atoms with E-state index in [4.69, 9.17) is 0 Å². The van der Waals surface area contributed by atoms with Crippen molar-refractivity contribution in [2.45, 2.75) is 38.1 Å². The molecule has 0 radical (unpaired) electrons. The van der Waals surface area contributed by atoms with Crippen LogP contribution in [0.5, 0.6) is 0 Å². The lowest BCUT2D eigenvalue weighted by molar-refractivity contribution is -0.113. The third-order valence-corrected chi connectivity index (χ3v) is 6.49. The Morgan fingerprint density at radius 2 is 2.12 bits per heavy atom. The van der Waals surface area contributed by atoms with Crippen molar-refractivity contribution in [3.05, 3.63) is 40.9 Å². The van der Waals surface area contributed by atoms with E-state index < -0.39 is 0 Å². The van der Waals surface area contributed by atoms with E-state index in [2.05, 4.69) is 40.5 Å². The molecule has 1 N–H and O–H groups in total. The first-order valence-corrected chi connectivity index (χ1v) is 10.6. The van der Waals surface area contributed by atoms with Crippen LogP contribution in [0.3, 0.4) is 0 Å². The number of amides is 1. The Labute approximate surface area is 158 Å². The molecule has 2 aromatic rings. The van der Waals surface area contributed by atoms with Crippen LogP contribution in [0.1, 0.15) is 31.0 Å². The summed E-state index contributed by atoms with van der Waals surface area (Å²) >= 11 is 3.08. The number of rotatable bonds is 6. The normalized spacial score (nSPS) is 16.1. The second kappa shape index (κ2) is 8.83.